The first-order chi connectivity index (χ1) is 9.22. The Morgan fingerprint density at radius 2 is 2.16 bits per heavy atom. The van der Waals surface area contributed by atoms with Gasteiger partial charge in [-0.15, -0.1) is 5.10 Å². The van der Waals surface area contributed by atoms with Crippen LogP contribution in [0.2, 0.25) is 0 Å². The zero-order valence-corrected chi connectivity index (χ0v) is 12.2. The molecule has 106 valence electrons. The summed E-state index contributed by atoms with van der Waals surface area (Å²) in [6, 6.07) is 0. The molecule has 0 bridgehead atoms. The van der Waals surface area contributed by atoms with Crippen LogP contribution in [0, 0.1) is 5.92 Å². The quantitative estimate of drug-likeness (QED) is 0.813. The van der Waals surface area contributed by atoms with Crippen molar-refractivity contribution in [3.05, 3.63) is 10.5 Å². The van der Waals surface area contributed by atoms with Gasteiger partial charge in [0.2, 0.25) is 0 Å². The van der Waals surface area contributed by atoms with Crippen molar-refractivity contribution in [1.82, 2.24) is 14.8 Å². The number of nitrogens with one attached hydrogen (secondary N) is 1. The molecule has 1 aliphatic carbocycles. The van der Waals surface area contributed by atoms with Crippen molar-refractivity contribution in [1.29, 1.82) is 0 Å². The molecule has 0 saturated heterocycles. The molecule has 1 aliphatic rings. The van der Waals surface area contributed by atoms with Crippen molar-refractivity contribution in [2.45, 2.75) is 57.1 Å². The van der Waals surface area contributed by atoms with E-state index in [4.69, 9.17) is 0 Å². The van der Waals surface area contributed by atoms with Gasteiger partial charge in [0.15, 0.2) is 5.16 Å². The summed E-state index contributed by atoms with van der Waals surface area (Å²) in [6.07, 6.45) is 6.54. The zero-order valence-electron chi connectivity index (χ0n) is 11.4. The number of carbonyl (C=O) groups excluding carboxylic acids is 1. The molecule has 0 radical (unpaired) electrons. The Kier molecular flexibility index (Phi) is 5.24. The summed E-state index contributed by atoms with van der Waals surface area (Å²) in [5, 5.41) is 7.07. The standard InChI is InChI=1S/C13H21N3O2S/c1-2-8-16-12(18)14-15-13(16)19-9-11(17)10-6-4-3-5-7-10/h10H,2-9H2,1H3,(H,14,18). The first-order valence-corrected chi connectivity index (χ1v) is 8.01. The fourth-order valence-electron chi connectivity index (χ4n) is 2.51. The molecule has 1 N–H and O–H groups in total. The Morgan fingerprint density at radius 3 is 2.84 bits per heavy atom. The molecule has 1 aromatic heterocycles. The van der Waals surface area contributed by atoms with Crippen LogP contribution in [0.4, 0.5) is 0 Å². The van der Waals surface area contributed by atoms with Crippen LogP contribution in [0.25, 0.3) is 0 Å². The Bertz CT molecular complexity index is 474. The number of ketones is 1. The second kappa shape index (κ2) is 6.93. The van der Waals surface area contributed by atoms with E-state index in [1.54, 1.807) is 4.57 Å². The predicted octanol–water partition coefficient (Wildman–Crippen LogP) is 2.22. The number of carbonyl (C=O) groups is 1. The minimum atomic E-state index is -0.186. The van der Waals surface area contributed by atoms with Crippen LogP contribution in [-0.2, 0) is 11.3 Å². The molecule has 1 fully saturated rings. The Labute approximate surface area is 117 Å². The lowest BCUT2D eigenvalue weighted by molar-refractivity contribution is -0.121. The van der Waals surface area contributed by atoms with Gasteiger partial charge in [-0.1, -0.05) is 37.9 Å². The maximum Gasteiger partial charge on any atom is 0.343 e. The molecule has 0 aromatic carbocycles. The van der Waals surface area contributed by atoms with E-state index < -0.39 is 0 Å². The molecular formula is C13H21N3O2S. The highest BCUT2D eigenvalue weighted by Crippen LogP contribution is 2.26. The van der Waals surface area contributed by atoms with E-state index in [-0.39, 0.29) is 11.6 Å². The van der Waals surface area contributed by atoms with Crippen LogP contribution in [0.5, 0.6) is 0 Å². The monoisotopic (exact) mass is 283 g/mol. The van der Waals surface area contributed by atoms with Crippen molar-refractivity contribution < 1.29 is 4.79 Å². The van der Waals surface area contributed by atoms with Gasteiger partial charge < -0.3 is 0 Å². The Hall–Kier alpha value is -1.04. The first-order valence-electron chi connectivity index (χ1n) is 7.03. The van der Waals surface area contributed by atoms with Crippen LogP contribution in [0.1, 0.15) is 45.4 Å². The lowest BCUT2D eigenvalue weighted by Gasteiger charge is -2.19. The SMILES string of the molecule is CCCn1c(SCC(=O)C2CCCCC2)n[nH]c1=O. The second-order valence-electron chi connectivity index (χ2n) is 5.05. The van der Waals surface area contributed by atoms with Crippen molar-refractivity contribution in [3.8, 4) is 0 Å². The third-order valence-electron chi connectivity index (χ3n) is 3.57. The zero-order chi connectivity index (χ0) is 13.7. The number of rotatable bonds is 6. The molecule has 0 unspecified atom stereocenters. The van der Waals surface area contributed by atoms with Crippen molar-refractivity contribution >= 4 is 17.5 Å². The van der Waals surface area contributed by atoms with E-state index in [0.717, 1.165) is 19.3 Å². The smallest absolute Gasteiger partial charge is 0.298 e. The van der Waals surface area contributed by atoms with Crippen LogP contribution in [-0.4, -0.2) is 26.3 Å². The molecule has 5 nitrogen and oxygen atoms in total. The minimum Gasteiger partial charge on any atom is -0.298 e. The number of hydrogen-bond acceptors (Lipinski definition) is 4. The van der Waals surface area contributed by atoms with Gasteiger partial charge in [0.25, 0.3) is 0 Å². The summed E-state index contributed by atoms with van der Waals surface area (Å²) in [5.74, 6) is 0.966. The normalized spacial score (nSPS) is 16.7. The molecule has 1 heterocycles. The number of aromatic nitrogens is 3. The van der Waals surface area contributed by atoms with Gasteiger partial charge in [-0.25, -0.2) is 9.89 Å². The highest BCUT2D eigenvalue weighted by molar-refractivity contribution is 7.99. The van der Waals surface area contributed by atoms with Crippen LogP contribution >= 0.6 is 11.8 Å². The lowest BCUT2D eigenvalue weighted by atomic mass is 9.87. The largest absolute Gasteiger partial charge is 0.343 e. The predicted molar refractivity (Wildman–Crippen MR) is 75.4 cm³/mol. The number of H-pyrrole nitrogens is 1. The summed E-state index contributed by atoms with van der Waals surface area (Å²) in [4.78, 5) is 23.6. The summed E-state index contributed by atoms with van der Waals surface area (Å²) >= 11 is 1.38. The van der Waals surface area contributed by atoms with Crippen molar-refractivity contribution in [2.75, 3.05) is 5.75 Å². The molecule has 6 heteroatoms. The van der Waals surface area contributed by atoms with Crippen LogP contribution in [0.15, 0.2) is 9.95 Å². The van der Waals surface area contributed by atoms with Gasteiger partial charge in [0, 0.05) is 12.5 Å². The summed E-state index contributed by atoms with van der Waals surface area (Å²) in [7, 11) is 0. The lowest BCUT2D eigenvalue weighted by Crippen LogP contribution is -2.20. The maximum atomic E-state index is 12.1. The van der Waals surface area contributed by atoms with Gasteiger partial charge in [0.05, 0.1) is 5.75 Å². The topological polar surface area (TPSA) is 67.8 Å². The molecule has 2 rings (SSSR count). The molecule has 0 aliphatic heterocycles. The summed E-state index contributed by atoms with van der Waals surface area (Å²) < 4.78 is 1.61. The van der Waals surface area contributed by atoms with Crippen LogP contribution in [0.3, 0.4) is 0 Å². The van der Waals surface area contributed by atoms with Gasteiger partial charge in [0.1, 0.15) is 5.78 Å². The number of nitrogens with zero attached hydrogens (tertiary/aromatic N) is 2. The average molecular weight is 283 g/mol. The highest BCUT2D eigenvalue weighted by Gasteiger charge is 2.21. The third kappa shape index (κ3) is 3.72. The summed E-state index contributed by atoms with van der Waals surface area (Å²) in [6.45, 7) is 2.66. The number of Topliss-reactive ketones (excluding diaryl/α,β-unsaturated/α-hetero) is 1. The van der Waals surface area contributed by atoms with Crippen molar-refractivity contribution in [3.63, 3.8) is 0 Å². The van der Waals surface area contributed by atoms with E-state index in [0.29, 0.717) is 23.2 Å². The molecule has 0 amide bonds. The van der Waals surface area contributed by atoms with Gasteiger partial charge in [-0.05, 0) is 19.3 Å². The van der Waals surface area contributed by atoms with E-state index >= 15 is 0 Å². The molecule has 0 spiro atoms. The Balaban J connectivity index is 1.91. The number of hydrogen-bond donors (Lipinski definition) is 1. The van der Waals surface area contributed by atoms with E-state index in [2.05, 4.69) is 10.2 Å². The molecule has 1 saturated carbocycles. The molecule has 1 aromatic rings. The van der Waals surface area contributed by atoms with Gasteiger partial charge >= 0.3 is 5.69 Å². The molecule has 19 heavy (non-hydrogen) atoms. The fourth-order valence-corrected chi connectivity index (χ4v) is 3.46. The number of aromatic amines is 1. The number of thioether (sulfide) groups is 1. The van der Waals surface area contributed by atoms with Gasteiger partial charge in [-0.3, -0.25) is 9.36 Å². The minimum absolute atomic E-state index is 0.186. The Morgan fingerprint density at radius 1 is 1.42 bits per heavy atom. The highest BCUT2D eigenvalue weighted by atomic mass is 32.2. The van der Waals surface area contributed by atoms with Gasteiger partial charge in [-0.2, -0.15) is 0 Å². The van der Waals surface area contributed by atoms with Crippen molar-refractivity contribution in [2.24, 2.45) is 5.92 Å². The van der Waals surface area contributed by atoms with Crippen LogP contribution < -0.4 is 5.69 Å². The van der Waals surface area contributed by atoms with E-state index in [1.165, 1.54) is 31.0 Å². The summed E-state index contributed by atoms with van der Waals surface area (Å²) in [5.41, 5.74) is -0.186. The van der Waals surface area contributed by atoms with E-state index in [1.807, 2.05) is 6.92 Å². The van der Waals surface area contributed by atoms with E-state index in [9.17, 15) is 9.59 Å². The third-order valence-corrected chi connectivity index (χ3v) is 4.57. The molecule has 0 atom stereocenters. The fraction of sp³-hybridized carbons (Fsp3) is 0.769. The first kappa shape index (κ1) is 14.4. The average Bonchev–Trinajstić information content (AvgIpc) is 2.79. The molecular weight excluding hydrogens is 262 g/mol. The second-order valence-corrected chi connectivity index (χ2v) is 6.00. The maximum absolute atomic E-state index is 12.1.